The lowest BCUT2D eigenvalue weighted by molar-refractivity contribution is -0.144. The summed E-state index contributed by atoms with van der Waals surface area (Å²) in [6.07, 6.45) is 2.48. The van der Waals surface area contributed by atoms with Crippen LogP contribution in [-0.4, -0.2) is 28.6 Å². The number of carboxylic acids is 1. The molecule has 0 radical (unpaired) electrons. The van der Waals surface area contributed by atoms with E-state index in [2.05, 4.69) is 5.32 Å². The number of amides is 1. The van der Waals surface area contributed by atoms with Gasteiger partial charge in [-0.1, -0.05) is 12.1 Å². The smallest absolute Gasteiger partial charge is 0.304 e. The molecule has 1 atom stereocenters. The molecule has 1 aliphatic heterocycles. The molecule has 5 heteroatoms. The quantitative estimate of drug-likeness (QED) is 0.738. The maximum Gasteiger partial charge on any atom is 0.304 e. The van der Waals surface area contributed by atoms with Crippen molar-refractivity contribution in [2.75, 3.05) is 6.54 Å². The monoisotopic (exact) mass is 277 g/mol. The van der Waals surface area contributed by atoms with Crippen LogP contribution in [0.25, 0.3) is 0 Å². The van der Waals surface area contributed by atoms with Crippen molar-refractivity contribution < 1.29 is 19.8 Å². The Hall–Kier alpha value is -2.04. The SMILES string of the molecule is O=C(O)CC1(CCCc2cccc(O)c2)CCNC1=O. The predicted molar refractivity (Wildman–Crippen MR) is 73.4 cm³/mol. The highest BCUT2D eigenvalue weighted by Gasteiger charge is 2.43. The van der Waals surface area contributed by atoms with E-state index in [0.717, 1.165) is 18.4 Å². The number of phenolic OH excluding ortho intramolecular Hbond substituents is 1. The predicted octanol–water partition coefficient (Wildman–Crippen LogP) is 1.70. The molecule has 1 fully saturated rings. The molecule has 0 aromatic heterocycles. The summed E-state index contributed by atoms with van der Waals surface area (Å²) in [5, 5.41) is 21.1. The summed E-state index contributed by atoms with van der Waals surface area (Å²) in [6, 6.07) is 7.00. The van der Waals surface area contributed by atoms with Crippen LogP contribution in [0, 0.1) is 5.41 Å². The molecule has 1 aromatic rings. The van der Waals surface area contributed by atoms with Crippen LogP contribution in [0.4, 0.5) is 0 Å². The van der Waals surface area contributed by atoms with Gasteiger partial charge in [0.15, 0.2) is 0 Å². The van der Waals surface area contributed by atoms with E-state index in [4.69, 9.17) is 5.11 Å². The summed E-state index contributed by atoms with van der Waals surface area (Å²) in [7, 11) is 0. The maximum absolute atomic E-state index is 11.9. The molecule has 2 rings (SSSR count). The standard InChI is InChI=1S/C15H19NO4/c17-12-5-1-3-11(9-12)4-2-6-15(10-13(18)19)7-8-16-14(15)20/h1,3,5,9,17H,2,4,6-8,10H2,(H,16,20)(H,18,19). The van der Waals surface area contributed by atoms with E-state index in [1.165, 1.54) is 0 Å². The number of nitrogens with one attached hydrogen (secondary N) is 1. The first-order chi connectivity index (χ1) is 9.52. The Labute approximate surface area is 117 Å². The summed E-state index contributed by atoms with van der Waals surface area (Å²) >= 11 is 0. The van der Waals surface area contributed by atoms with Crippen molar-refractivity contribution in [2.45, 2.75) is 32.1 Å². The van der Waals surface area contributed by atoms with Crippen LogP contribution in [0.15, 0.2) is 24.3 Å². The first kappa shape index (κ1) is 14.4. The zero-order valence-electron chi connectivity index (χ0n) is 11.3. The third-order valence-electron chi connectivity index (χ3n) is 3.89. The average molecular weight is 277 g/mol. The average Bonchev–Trinajstić information content (AvgIpc) is 2.70. The highest BCUT2D eigenvalue weighted by atomic mass is 16.4. The van der Waals surface area contributed by atoms with Crippen molar-refractivity contribution >= 4 is 11.9 Å². The van der Waals surface area contributed by atoms with Crippen LogP contribution in [0.2, 0.25) is 0 Å². The summed E-state index contributed by atoms with van der Waals surface area (Å²) in [4.78, 5) is 22.9. The number of rotatable bonds is 6. The molecule has 0 aliphatic carbocycles. The van der Waals surface area contributed by atoms with Gasteiger partial charge in [-0.2, -0.15) is 0 Å². The molecule has 20 heavy (non-hydrogen) atoms. The molecule has 1 unspecified atom stereocenters. The molecule has 0 saturated carbocycles. The lowest BCUT2D eigenvalue weighted by atomic mass is 9.78. The fraction of sp³-hybridized carbons (Fsp3) is 0.467. The number of aliphatic carboxylic acids is 1. The maximum atomic E-state index is 11.9. The molecule has 3 N–H and O–H groups in total. The second-order valence-electron chi connectivity index (χ2n) is 5.38. The second kappa shape index (κ2) is 5.94. The molecule has 1 aliphatic rings. The number of hydrogen-bond acceptors (Lipinski definition) is 3. The van der Waals surface area contributed by atoms with Gasteiger partial charge in [0.2, 0.25) is 5.91 Å². The molecular weight excluding hydrogens is 258 g/mol. The van der Waals surface area contributed by atoms with Gasteiger partial charge in [-0.3, -0.25) is 9.59 Å². The van der Waals surface area contributed by atoms with E-state index in [9.17, 15) is 14.7 Å². The van der Waals surface area contributed by atoms with Crippen molar-refractivity contribution in [1.82, 2.24) is 5.32 Å². The second-order valence-corrected chi connectivity index (χ2v) is 5.38. The molecule has 0 spiro atoms. The summed E-state index contributed by atoms with van der Waals surface area (Å²) < 4.78 is 0. The van der Waals surface area contributed by atoms with Crippen LogP contribution in [-0.2, 0) is 16.0 Å². The van der Waals surface area contributed by atoms with Gasteiger partial charge in [-0.05, 0) is 43.4 Å². The van der Waals surface area contributed by atoms with Crippen LogP contribution in [0.3, 0.4) is 0 Å². The third-order valence-corrected chi connectivity index (χ3v) is 3.89. The fourth-order valence-electron chi connectivity index (χ4n) is 2.84. The van der Waals surface area contributed by atoms with Gasteiger partial charge in [-0.15, -0.1) is 0 Å². The van der Waals surface area contributed by atoms with E-state index in [0.29, 0.717) is 19.4 Å². The van der Waals surface area contributed by atoms with Crippen LogP contribution in [0.5, 0.6) is 5.75 Å². The summed E-state index contributed by atoms with van der Waals surface area (Å²) in [5.41, 5.74) is 0.233. The number of hydrogen-bond donors (Lipinski definition) is 3. The number of carboxylic acid groups (broad SMARTS) is 1. The molecule has 1 aromatic carbocycles. The minimum atomic E-state index is -0.931. The number of carbonyl (C=O) groups excluding carboxylic acids is 1. The summed E-state index contributed by atoms with van der Waals surface area (Å²) in [5.74, 6) is -0.850. The minimum absolute atomic E-state index is 0.112. The van der Waals surface area contributed by atoms with Gasteiger partial charge in [0, 0.05) is 6.54 Å². The Bertz CT molecular complexity index is 514. The highest BCUT2D eigenvalue weighted by Crippen LogP contribution is 2.36. The Morgan fingerprint density at radius 2 is 2.20 bits per heavy atom. The van der Waals surface area contributed by atoms with Gasteiger partial charge in [0.1, 0.15) is 5.75 Å². The van der Waals surface area contributed by atoms with Gasteiger partial charge < -0.3 is 15.5 Å². The summed E-state index contributed by atoms with van der Waals surface area (Å²) in [6.45, 7) is 0.554. The van der Waals surface area contributed by atoms with E-state index in [-0.39, 0.29) is 18.1 Å². The van der Waals surface area contributed by atoms with Crippen molar-refractivity contribution in [2.24, 2.45) is 5.41 Å². The molecule has 0 bridgehead atoms. The largest absolute Gasteiger partial charge is 0.508 e. The fourth-order valence-corrected chi connectivity index (χ4v) is 2.84. The third kappa shape index (κ3) is 3.29. The Kier molecular flexibility index (Phi) is 4.27. The lowest BCUT2D eigenvalue weighted by Crippen LogP contribution is -2.33. The number of carbonyl (C=O) groups is 2. The van der Waals surface area contributed by atoms with E-state index in [1.807, 2.05) is 6.07 Å². The molecule has 5 nitrogen and oxygen atoms in total. The highest BCUT2D eigenvalue weighted by molar-refractivity contribution is 5.88. The van der Waals surface area contributed by atoms with Crippen LogP contribution in [0.1, 0.15) is 31.2 Å². The van der Waals surface area contributed by atoms with Crippen molar-refractivity contribution in [3.05, 3.63) is 29.8 Å². The van der Waals surface area contributed by atoms with Gasteiger partial charge >= 0.3 is 5.97 Å². The Morgan fingerprint density at radius 3 is 2.80 bits per heavy atom. The molecule has 108 valence electrons. The number of benzene rings is 1. The number of phenols is 1. The van der Waals surface area contributed by atoms with E-state index >= 15 is 0 Å². The lowest BCUT2D eigenvalue weighted by Gasteiger charge is -2.23. The van der Waals surface area contributed by atoms with Gasteiger partial charge in [0.05, 0.1) is 11.8 Å². The molecule has 1 heterocycles. The van der Waals surface area contributed by atoms with Crippen molar-refractivity contribution in [3.63, 3.8) is 0 Å². The molecule has 1 amide bonds. The Balaban J connectivity index is 1.96. The van der Waals surface area contributed by atoms with E-state index in [1.54, 1.807) is 18.2 Å². The minimum Gasteiger partial charge on any atom is -0.508 e. The first-order valence-electron chi connectivity index (χ1n) is 6.80. The first-order valence-corrected chi connectivity index (χ1v) is 6.80. The topological polar surface area (TPSA) is 86.6 Å². The normalized spacial score (nSPS) is 21.7. The van der Waals surface area contributed by atoms with Crippen LogP contribution < -0.4 is 5.32 Å². The zero-order chi connectivity index (χ0) is 14.6. The van der Waals surface area contributed by atoms with Gasteiger partial charge in [-0.25, -0.2) is 0 Å². The molecule has 1 saturated heterocycles. The van der Waals surface area contributed by atoms with Gasteiger partial charge in [0.25, 0.3) is 0 Å². The number of aromatic hydroxyl groups is 1. The van der Waals surface area contributed by atoms with E-state index < -0.39 is 11.4 Å². The van der Waals surface area contributed by atoms with Crippen molar-refractivity contribution in [3.8, 4) is 5.75 Å². The Morgan fingerprint density at radius 1 is 1.40 bits per heavy atom. The van der Waals surface area contributed by atoms with Crippen molar-refractivity contribution in [1.29, 1.82) is 0 Å². The zero-order valence-corrected chi connectivity index (χ0v) is 11.3. The number of aryl methyl sites for hydroxylation is 1. The molecular formula is C15H19NO4. The van der Waals surface area contributed by atoms with Crippen LogP contribution >= 0.6 is 0 Å².